The van der Waals surface area contributed by atoms with Crippen molar-refractivity contribution < 1.29 is 18.0 Å². The molecule has 3 N–H and O–H groups in total. The van der Waals surface area contributed by atoms with Crippen LogP contribution in [0.2, 0.25) is 0 Å². The summed E-state index contributed by atoms with van der Waals surface area (Å²) in [6.07, 6.45) is 5.26. The lowest BCUT2D eigenvalue weighted by atomic mass is 10.0. The molecule has 0 bridgehead atoms. The van der Waals surface area contributed by atoms with E-state index in [0.29, 0.717) is 22.5 Å². The number of rotatable bonds is 4. The first-order valence-electron chi connectivity index (χ1n) is 6.47. The molecule has 6 nitrogen and oxygen atoms in total. The average Bonchev–Trinajstić information content (AvgIpc) is 2.48. The highest BCUT2D eigenvalue weighted by Crippen LogP contribution is 2.14. The van der Waals surface area contributed by atoms with E-state index in [1.54, 1.807) is 24.3 Å². The highest BCUT2D eigenvalue weighted by molar-refractivity contribution is 7.73. The Balaban J connectivity index is 1.95. The maximum Gasteiger partial charge on any atom is 0.248 e. The van der Waals surface area contributed by atoms with Crippen molar-refractivity contribution in [3.63, 3.8) is 0 Å². The van der Waals surface area contributed by atoms with Crippen LogP contribution in [0, 0.1) is 0 Å². The monoisotopic (exact) mass is 318 g/mol. The van der Waals surface area contributed by atoms with E-state index in [1.165, 1.54) is 18.2 Å². The molecule has 0 atom stereocenters. The molecular weight excluding hydrogens is 304 g/mol. The van der Waals surface area contributed by atoms with Gasteiger partial charge in [-0.3, -0.25) is 9.59 Å². The van der Waals surface area contributed by atoms with Crippen LogP contribution in [0.15, 0.2) is 48.1 Å². The SMILES string of the molecule is NC(=O)c1ccc(NC(=O)CC2=CCC(=S(=O)=O)C=C2)cc1. The molecule has 22 heavy (non-hydrogen) atoms. The predicted molar refractivity (Wildman–Crippen MR) is 84.0 cm³/mol. The normalized spacial score (nSPS) is 13.5. The molecule has 1 aliphatic carbocycles. The second kappa shape index (κ2) is 6.86. The lowest BCUT2D eigenvalue weighted by molar-refractivity contribution is -0.115. The lowest BCUT2D eigenvalue weighted by Crippen LogP contribution is -2.14. The highest BCUT2D eigenvalue weighted by atomic mass is 32.2. The summed E-state index contributed by atoms with van der Waals surface area (Å²) in [6, 6.07) is 6.25. The van der Waals surface area contributed by atoms with E-state index in [9.17, 15) is 18.0 Å². The number of carbonyl (C=O) groups excluding carboxylic acids is 2. The topological polar surface area (TPSA) is 106 Å². The van der Waals surface area contributed by atoms with Crippen LogP contribution in [0.3, 0.4) is 0 Å². The van der Waals surface area contributed by atoms with Gasteiger partial charge >= 0.3 is 0 Å². The molecule has 0 heterocycles. The number of amides is 2. The summed E-state index contributed by atoms with van der Waals surface area (Å²) in [6.45, 7) is 0. The summed E-state index contributed by atoms with van der Waals surface area (Å²) in [7, 11) is -2.22. The molecule has 7 heteroatoms. The Hall–Kier alpha value is -2.67. The van der Waals surface area contributed by atoms with Crippen LogP contribution in [0.4, 0.5) is 5.69 Å². The second-order valence-corrected chi connectivity index (χ2v) is 5.68. The average molecular weight is 318 g/mol. The molecular formula is C15H14N2O4S. The molecule has 0 radical (unpaired) electrons. The Morgan fingerprint density at radius 3 is 2.32 bits per heavy atom. The second-order valence-electron chi connectivity index (χ2n) is 4.68. The van der Waals surface area contributed by atoms with Gasteiger partial charge in [-0.1, -0.05) is 12.2 Å². The Kier molecular flexibility index (Phi) is 4.90. The first-order chi connectivity index (χ1) is 10.5. The van der Waals surface area contributed by atoms with E-state index in [1.807, 2.05) is 0 Å². The van der Waals surface area contributed by atoms with E-state index in [0.717, 1.165) is 5.57 Å². The zero-order valence-corrected chi connectivity index (χ0v) is 12.4. The fourth-order valence-electron chi connectivity index (χ4n) is 1.93. The van der Waals surface area contributed by atoms with Gasteiger partial charge in [0.15, 0.2) is 0 Å². The minimum absolute atomic E-state index is 0.146. The third kappa shape index (κ3) is 4.16. The summed E-state index contributed by atoms with van der Waals surface area (Å²) in [5.74, 6) is -0.757. The Bertz CT molecular complexity index is 794. The molecule has 1 aromatic carbocycles. The van der Waals surface area contributed by atoms with Crippen molar-refractivity contribution in [3.8, 4) is 0 Å². The van der Waals surface area contributed by atoms with Crippen molar-refractivity contribution >= 4 is 32.7 Å². The largest absolute Gasteiger partial charge is 0.366 e. The zero-order chi connectivity index (χ0) is 16.1. The van der Waals surface area contributed by atoms with Crippen LogP contribution in [-0.2, 0) is 15.1 Å². The van der Waals surface area contributed by atoms with Gasteiger partial charge < -0.3 is 11.1 Å². The van der Waals surface area contributed by atoms with Crippen molar-refractivity contribution in [1.29, 1.82) is 0 Å². The number of primary amides is 1. The number of nitrogens with one attached hydrogen (secondary N) is 1. The molecule has 2 amide bonds. The maximum absolute atomic E-state index is 11.9. The van der Waals surface area contributed by atoms with Crippen LogP contribution in [0.1, 0.15) is 23.2 Å². The lowest BCUT2D eigenvalue weighted by Gasteiger charge is -2.08. The third-order valence-electron chi connectivity index (χ3n) is 3.08. The predicted octanol–water partition coefficient (Wildman–Crippen LogP) is 1.05. The van der Waals surface area contributed by atoms with Crippen molar-refractivity contribution in [2.75, 3.05) is 5.32 Å². The van der Waals surface area contributed by atoms with Crippen molar-refractivity contribution in [3.05, 3.63) is 53.6 Å². The summed E-state index contributed by atoms with van der Waals surface area (Å²) >= 11 is 0. The molecule has 0 fully saturated rings. The molecule has 114 valence electrons. The zero-order valence-electron chi connectivity index (χ0n) is 11.6. The summed E-state index contributed by atoms with van der Waals surface area (Å²) < 4.78 is 21.5. The van der Waals surface area contributed by atoms with Gasteiger partial charge in [0.25, 0.3) is 0 Å². The Morgan fingerprint density at radius 2 is 1.82 bits per heavy atom. The minimum Gasteiger partial charge on any atom is -0.366 e. The molecule has 1 aliphatic rings. The molecule has 0 saturated carbocycles. The van der Waals surface area contributed by atoms with Gasteiger partial charge in [0, 0.05) is 17.7 Å². The first kappa shape index (κ1) is 15.7. The van der Waals surface area contributed by atoms with Crippen LogP contribution < -0.4 is 11.1 Å². The number of allylic oxidation sites excluding steroid dienone is 3. The molecule has 0 aliphatic heterocycles. The van der Waals surface area contributed by atoms with E-state index in [2.05, 4.69) is 5.32 Å². The van der Waals surface area contributed by atoms with E-state index in [4.69, 9.17) is 5.73 Å². The van der Waals surface area contributed by atoms with Crippen molar-refractivity contribution in [2.24, 2.45) is 5.73 Å². The van der Waals surface area contributed by atoms with Crippen LogP contribution >= 0.6 is 0 Å². The van der Waals surface area contributed by atoms with Gasteiger partial charge in [-0.05, 0) is 35.9 Å². The number of hydrogen-bond acceptors (Lipinski definition) is 4. The minimum atomic E-state index is -2.22. The van der Waals surface area contributed by atoms with Crippen LogP contribution in [-0.4, -0.2) is 25.1 Å². The molecule has 0 aromatic heterocycles. The highest BCUT2D eigenvalue weighted by Gasteiger charge is 2.09. The molecule has 2 rings (SSSR count). The standard InChI is InChI=1S/C15H14N2O4S/c16-15(19)11-3-5-12(6-4-11)17-14(18)9-10-1-7-13(8-2-10)22(20)21/h1-7H,8-9H2,(H2,16,19)(H,17,18). The number of carbonyl (C=O) groups is 2. The fourth-order valence-corrected chi connectivity index (χ4v) is 2.33. The van der Waals surface area contributed by atoms with Gasteiger partial charge in [-0.25, -0.2) is 0 Å². The molecule has 0 spiro atoms. The Labute approximate surface area is 128 Å². The van der Waals surface area contributed by atoms with Crippen molar-refractivity contribution in [2.45, 2.75) is 12.8 Å². The van der Waals surface area contributed by atoms with E-state index in [-0.39, 0.29) is 12.3 Å². The molecule has 0 unspecified atom stereocenters. The fraction of sp³-hybridized carbons (Fsp3) is 0.133. The van der Waals surface area contributed by atoms with Gasteiger partial charge in [-0.15, -0.1) is 0 Å². The van der Waals surface area contributed by atoms with Crippen molar-refractivity contribution in [1.82, 2.24) is 0 Å². The summed E-state index contributed by atoms with van der Waals surface area (Å²) in [4.78, 5) is 23.2. The van der Waals surface area contributed by atoms with Crippen LogP contribution in [0.5, 0.6) is 0 Å². The summed E-state index contributed by atoms with van der Waals surface area (Å²) in [5, 5.41) is 2.70. The number of benzene rings is 1. The van der Waals surface area contributed by atoms with E-state index < -0.39 is 16.2 Å². The quantitative estimate of drug-likeness (QED) is 0.809. The smallest absolute Gasteiger partial charge is 0.248 e. The third-order valence-corrected chi connectivity index (χ3v) is 3.81. The van der Waals surface area contributed by atoms with Gasteiger partial charge in [0.05, 0.1) is 11.3 Å². The van der Waals surface area contributed by atoms with Crippen LogP contribution in [0.25, 0.3) is 0 Å². The van der Waals surface area contributed by atoms with E-state index >= 15 is 0 Å². The van der Waals surface area contributed by atoms with Gasteiger partial charge in [0.2, 0.25) is 22.1 Å². The number of anilines is 1. The summed E-state index contributed by atoms with van der Waals surface area (Å²) in [5.41, 5.74) is 6.81. The Morgan fingerprint density at radius 1 is 1.14 bits per heavy atom. The first-order valence-corrected chi connectivity index (χ1v) is 7.55. The molecule has 1 aromatic rings. The molecule has 0 saturated heterocycles. The maximum atomic E-state index is 11.9. The van der Waals surface area contributed by atoms with Gasteiger partial charge in [0.1, 0.15) is 0 Å². The number of hydrogen-bond donors (Lipinski definition) is 2. The van der Waals surface area contributed by atoms with Gasteiger partial charge in [-0.2, -0.15) is 8.42 Å². The number of nitrogens with two attached hydrogens (primary N) is 1.